The summed E-state index contributed by atoms with van der Waals surface area (Å²) in [5.41, 5.74) is -0.234. The Kier molecular flexibility index (Phi) is 4.82. The molecule has 0 fully saturated rings. The first kappa shape index (κ1) is 12.5. The van der Waals surface area contributed by atoms with Gasteiger partial charge in [-0.1, -0.05) is 13.3 Å². The number of nitrogens with one attached hydrogen (secondary N) is 1. The second-order valence-electron chi connectivity index (χ2n) is 3.52. The molecule has 0 aliphatic rings. The average Bonchev–Trinajstić information content (AvgIpc) is 2.30. The molecule has 0 aliphatic heterocycles. The van der Waals surface area contributed by atoms with Crippen LogP contribution < -0.4 is 15.2 Å². The molecule has 1 heterocycles. The predicted octanol–water partition coefficient (Wildman–Crippen LogP) is 1.40. The number of ether oxygens (including phenoxy) is 1. The fourth-order valence-electron chi connectivity index (χ4n) is 1.55. The molecule has 1 N–H and O–H groups in total. The van der Waals surface area contributed by atoms with E-state index in [0.29, 0.717) is 11.6 Å². The minimum absolute atomic E-state index is 0.234. The van der Waals surface area contributed by atoms with Gasteiger partial charge < -0.3 is 14.6 Å². The maximum Gasteiger partial charge on any atom is 0.295 e. The monoisotopic (exact) mass is 225 g/mol. The van der Waals surface area contributed by atoms with E-state index in [1.54, 1.807) is 0 Å². The van der Waals surface area contributed by atoms with Crippen LogP contribution in [0.1, 0.15) is 26.7 Å². The molecule has 0 atom stereocenters. The molecule has 0 unspecified atom stereocenters. The van der Waals surface area contributed by atoms with Crippen molar-refractivity contribution in [1.82, 2.24) is 9.97 Å². The van der Waals surface area contributed by atoms with Crippen molar-refractivity contribution >= 4 is 5.82 Å². The van der Waals surface area contributed by atoms with E-state index in [0.717, 1.165) is 25.9 Å². The van der Waals surface area contributed by atoms with Crippen molar-refractivity contribution in [3.8, 4) is 5.75 Å². The van der Waals surface area contributed by atoms with Gasteiger partial charge in [0, 0.05) is 13.1 Å². The van der Waals surface area contributed by atoms with E-state index in [9.17, 15) is 4.79 Å². The molecule has 0 spiro atoms. The van der Waals surface area contributed by atoms with Gasteiger partial charge in [-0.05, 0) is 13.3 Å². The van der Waals surface area contributed by atoms with Crippen LogP contribution >= 0.6 is 0 Å². The molecule has 5 heteroatoms. The Morgan fingerprint density at radius 3 is 2.81 bits per heavy atom. The van der Waals surface area contributed by atoms with Crippen LogP contribution in [0.2, 0.25) is 0 Å². The minimum atomic E-state index is -0.234. The smallest absolute Gasteiger partial charge is 0.295 e. The summed E-state index contributed by atoms with van der Waals surface area (Å²) in [7, 11) is 1.49. The van der Waals surface area contributed by atoms with Gasteiger partial charge in [0.05, 0.1) is 13.4 Å². The zero-order valence-electron chi connectivity index (χ0n) is 10.1. The first-order valence-electron chi connectivity index (χ1n) is 5.61. The predicted molar refractivity (Wildman–Crippen MR) is 64.2 cm³/mol. The third kappa shape index (κ3) is 2.74. The highest BCUT2D eigenvalue weighted by atomic mass is 16.5. The van der Waals surface area contributed by atoms with E-state index in [4.69, 9.17) is 4.74 Å². The Morgan fingerprint density at radius 2 is 2.25 bits per heavy atom. The lowest BCUT2D eigenvalue weighted by Crippen LogP contribution is -2.27. The molecular weight excluding hydrogens is 206 g/mol. The van der Waals surface area contributed by atoms with E-state index < -0.39 is 0 Å². The highest BCUT2D eigenvalue weighted by Crippen LogP contribution is 2.20. The second-order valence-corrected chi connectivity index (χ2v) is 3.52. The molecule has 1 rings (SSSR count). The normalized spacial score (nSPS) is 10.2. The zero-order valence-corrected chi connectivity index (χ0v) is 10.1. The van der Waals surface area contributed by atoms with Crippen molar-refractivity contribution in [3.63, 3.8) is 0 Å². The number of aromatic nitrogens is 2. The first-order chi connectivity index (χ1) is 7.74. The van der Waals surface area contributed by atoms with Crippen LogP contribution in [0, 0.1) is 0 Å². The lowest BCUT2D eigenvalue weighted by molar-refractivity contribution is 0.405. The van der Waals surface area contributed by atoms with Gasteiger partial charge in [-0.2, -0.15) is 0 Å². The molecule has 1 aromatic heterocycles. The quantitative estimate of drug-likeness (QED) is 0.795. The Balaban J connectivity index is 2.99. The molecule has 0 saturated heterocycles. The number of unbranched alkanes of at least 4 members (excludes halogenated alkanes) is 1. The van der Waals surface area contributed by atoms with Gasteiger partial charge in [-0.25, -0.2) is 4.98 Å². The van der Waals surface area contributed by atoms with Crippen LogP contribution in [-0.4, -0.2) is 30.2 Å². The number of methoxy groups -OCH3 is 1. The lowest BCUT2D eigenvalue weighted by atomic mass is 10.3. The third-order valence-corrected chi connectivity index (χ3v) is 2.46. The van der Waals surface area contributed by atoms with Gasteiger partial charge in [0.15, 0.2) is 5.82 Å². The zero-order chi connectivity index (χ0) is 12.0. The fourth-order valence-corrected chi connectivity index (χ4v) is 1.55. The summed E-state index contributed by atoms with van der Waals surface area (Å²) in [5, 5.41) is 0. The number of hydrogen-bond acceptors (Lipinski definition) is 4. The standard InChI is InChI=1S/C11H19N3O2/c1-4-6-7-14(5-2)10-9(16-3)11(15)13-8-12-10/h8H,4-7H2,1-3H3,(H,12,13,15). The Bertz CT molecular complexity index is 376. The van der Waals surface area contributed by atoms with Crippen LogP contribution in [-0.2, 0) is 0 Å². The summed E-state index contributed by atoms with van der Waals surface area (Å²) in [6.45, 7) is 5.88. The summed E-state index contributed by atoms with van der Waals surface area (Å²) >= 11 is 0. The average molecular weight is 225 g/mol. The molecule has 16 heavy (non-hydrogen) atoms. The van der Waals surface area contributed by atoms with Gasteiger partial charge >= 0.3 is 0 Å². The van der Waals surface area contributed by atoms with Crippen molar-refractivity contribution in [1.29, 1.82) is 0 Å². The molecule has 0 bridgehead atoms. The van der Waals surface area contributed by atoms with Crippen molar-refractivity contribution in [2.75, 3.05) is 25.1 Å². The third-order valence-electron chi connectivity index (χ3n) is 2.46. The molecular formula is C11H19N3O2. The highest BCUT2D eigenvalue weighted by molar-refractivity contribution is 5.50. The van der Waals surface area contributed by atoms with Gasteiger partial charge in [-0.3, -0.25) is 4.79 Å². The van der Waals surface area contributed by atoms with Crippen LogP contribution in [0.3, 0.4) is 0 Å². The number of nitrogens with zero attached hydrogens (tertiary/aromatic N) is 2. The number of H-pyrrole nitrogens is 1. The first-order valence-corrected chi connectivity index (χ1v) is 5.61. The summed E-state index contributed by atoms with van der Waals surface area (Å²) < 4.78 is 5.09. The van der Waals surface area contributed by atoms with Gasteiger partial charge in [0.25, 0.3) is 5.56 Å². The number of anilines is 1. The Hall–Kier alpha value is -1.52. The highest BCUT2D eigenvalue weighted by Gasteiger charge is 2.14. The summed E-state index contributed by atoms with van der Waals surface area (Å²) in [6.07, 6.45) is 3.60. The van der Waals surface area contributed by atoms with Crippen LogP contribution in [0.4, 0.5) is 5.82 Å². The molecule has 90 valence electrons. The van der Waals surface area contributed by atoms with E-state index in [1.807, 2.05) is 6.92 Å². The van der Waals surface area contributed by atoms with E-state index in [-0.39, 0.29) is 5.56 Å². The second kappa shape index (κ2) is 6.15. The van der Waals surface area contributed by atoms with Crippen molar-refractivity contribution in [2.24, 2.45) is 0 Å². The van der Waals surface area contributed by atoms with Gasteiger partial charge in [0.1, 0.15) is 0 Å². The molecule has 0 radical (unpaired) electrons. The summed E-state index contributed by atoms with van der Waals surface area (Å²) in [5.74, 6) is 0.919. The Labute approximate surface area is 95.5 Å². The SMILES string of the molecule is CCCCN(CC)c1nc[nH]c(=O)c1OC. The molecule has 0 aromatic carbocycles. The van der Waals surface area contributed by atoms with Crippen molar-refractivity contribution in [2.45, 2.75) is 26.7 Å². The Morgan fingerprint density at radius 1 is 1.50 bits per heavy atom. The van der Waals surface area contributed by atoms with E-state index in [2.05, 4.69) is 21.8 Å². The fraction of sp³-hybridized carbons (Fsp3) is 0.636. The molecule has 0 amide bonds. The van der Waals surface area contributed by atoms with Crippen LogP contribution in [0.15, 0.2) is 11.1 Å². The van der Waals surface area contributed by atoms with Crippen molar-refractivity contribution in [3.05, 3.63) is 16.7 Å². The number of aromatic amines is 1. The van der Waals surface area contributed by atoms with E-state index in [1.165, 1.54) is 13.4 Å². The summed E-state index contributed by atoms with van der Waals surface area (Å²) in [6, 6.07) is 0. The summed E-state index contributed by atoms with van der Waals surface area (Å²) in [4.78, 5) is 20.3. The van der Waals surface area contributed by atoms with Gasteiger partial charge in [-0.15, -0.1) is 0 Å². The maximum absolute atomic E-state index is 11.5. The number of rotatable bonds is 6. The lowest BCUT2D eigenvalue weighted by Gasteiger charge is -2.22. The van der Waals surface area contributed by atoms with Crippen LogP contribution in [0.5, 0.6) is 5.75 Å². The molecule has 5 nitrogen and oxygen atoms in total. The molecule has 0 saturated carbocycles. The van der Waals surface area contributed by atoms with E-state index >= 15 is 0 Å². The van der Waals surface area contributed by atoms with Crippen LogP contribution in [0.25, 0.3) is 0 Å². The van der Waals surface area contributed by atoms with Gasteiger partial charge in [0.2, 0.25) is 5.75 Å². The van der Waals surface area contributed by atoms with Crippen molar-refractivity contribution < 1.29 is 4.74 Å². The molecule has 1 aromatic rings. The topological polar surface area (TPSA) is 58.2 Å². The maximum atomic E-state index is 11.5. The number of hydrogen-bond donors (Lipinski definition) is 1. The minimum Gasteiger partial charge on any atom is -0.489 e. The largest absolute Gasteiger partial charge is 0.489 e. The molecule has 0 aliphatic carbocycles.